The van der Waals surface area contributed by atoms with E-state index >= 15 is 0 Å². The van der Waals surface area contributed by atoms with Gasteiger partial charge in [0.15, 0.2) is 11.5 Å². The Bertz CT molecular complexity index is 993. The number of ether oxygens (including phenoxy) is 2. The van der Waals surface area contributed by atoms with Crippen molar-refractivity contribution < 1.29 is 31.5 Å². The van der Waals surface area contributed by atoms with Crippen molar-refractivity contribution in [2.45, 2.75) is 12.8 Å². The minimum Gasteiger partial charge on any atom is -0.486 e. The van der Waals surface area contributed by atoms with Crippen LogP contribution < -0.4 is 19.1 Å². The zero-order valence-corrected chi connectivity index (χ0v) is 16.5. The van der Waals surface area contributed by atoms with Crippen LogP contribution in [0.15, 0.2) is 36.4 Å². The molecule has 2 aromatic carbocycles. The molecule has 0 bridgehead atoms. The molecule has 1 aliphatic heterocycles. The summed E-state index contributed by atoms with van der Waals surface area (Å²) in [4.78, 5) is 12.0. The number of carbonyl (C=O) groups excluding carboxylic acids is 1. The van der Waals surface area contributed by atoms with Gasteiger partial charge in [0.2, 0.25) is 15.9 Å². The Balaban J connectivity index is 1.65. The number of para-hydroxylation sites is 1. The first kappa shape index (κ1) is 20.8. The summed E-state index contributed by atoms with van der Waals surface area (Å²) in [6.07, 6.45) is 1.08. The summed E-state index contributed by atoms with van der Waals surface area (Å²) in [5.41, 5.74) is -0.151. The minimum atomic E-state index is -3.63. The second-order valence-corrected chi connectivity index (χ2v) is 8.32. The van der Waals surface area contributed by atoms with Crippen molar-refractivity contribution in [2.24, 2.45) is 0 Å². The average molecular weight is 426 g/mol. The van der Waals surface area contributed by atoms with Crippen molar-refractivity contribution in [1.29, 1.82) is 0 Å². The maximum absolute atomic E-state index is 13.6. The summed E-state index contributed by atoms with van der Waals surface area (Å²) in [6, 6.07) is 8.03. The number of anilines is 2. The molecule has 1 aliphatic rings. The van der Waals surface area contributed by atoms with E-state index in [1.807, 2.05) is 0 Å². The fourth-order valence-electron chi connectivity index (χ4n) is 2.88. The number of benzene rings is 2. The molecule has 0 spiro atoms. The fraction of sp³-hybridized carbons (Fsp3) is 0.316. The summed E-state index contributed by atoms with van der Waals surface area (Å²) in [6.45, 7) is 0.785. The highest BCUT2D eigenvalue weighted by molar-refractivity contribution is 7.92. The number of carbonyl (C=O) groups is 1. The molecule has 0 unspecified atom stereocenters. The van der Waals surface area contributed by atoms with Crippen molar-refractivity contribution >= 4 is 27.3 Å². The molecule has 0 radical (unpaired) electrons. The number of nitrogens with zero attached hydrogens (tertiary/aromatic N) is 1. The lowest BCUT2D eigenvalue weighted by molar-refractivity contribution is -0.116. The van der Waals surface area contributed by atoms with E-state index in [9.17, 15) is 22.0 Å². The quantitative estimate of drug-likeness (QED) is 0.736. The molecule has 0 aromatic heterocycles. The predicted molar refractivity (Wildman–Crippen MR) is 104 cm³/mol. The first-order chi connectivity index (χ1) is 13.8. The van der Waals surface area contributed by atoms with Gasteiger partial charge < -0.3 is 14.8 Å². The number of amides is 1. The van der Waals surface area contributed by atoms with Gasteiger partial charge in [0.1, 0.15) is 30.5 Å². The van der Waals surface area contributed by atoms with Crippen molar-refractivity contribution in [3.8, 4) is 11.5 Å². The van der Waals surface area contributed by atoms with Crippen LogP contribution in [0.2, 0.25) is 0 Å². The molecule has 1 N–H and O–H groups in total. The number of sulfonamides is 1. The number of nitrogens with one attached hydrogen (secondary N) is 1. The summed E-state index contributed by atoms with van der Waals surface area (Å²) in [5.74, 6) is -1.42. The van der Waals surface area contributed by atoms with Gasteiger partial charge in [-0.15, -0.1) is 0 Å². The second kappa shape index (κ2) is 8.64. The maximum atomic E-state index is 13.6. The highest BCUT2D eigenvalue weighted by Crippen LogP contribution is 2.34. The lowest BCUT2D eigenvalue weighted by atomic mass is 10.2. The molecule has 29 heavy (non-hydrogen) atoms. The first-order valence-corrected chi connectivity index (χ1v) is 10.7. The molecule has 0 atom stereocenters. The van der Waals surface area contributed by atoms with Crippen LogP contribution in [-0.2, 0) is 14.8 Å². The van der Waals surface area contributed by atoms with Crippen LogP contribution >= 0.6 is 0 Å². The summed E-state index contributed by atoms with van der Waals surface area (Å²) >= 11 is 0. The lowest BCUT2D eigenvalue weighted by Gasteiger charge is -2.25. The molecule has 0 aliphatic carbocycles. The largest absolute Gasteiger partial charge is 0.486 e. The molecule has 156 valence electrons. The SMILES string of the molecule is CS(=O)(=O)N(CCCC(=O)Nc1c(F)cccc1F)c1ccc2c(c1)OCCO2. The van der Waals surface area contributed by atoms with Gasteiger partial charge >= 0.3 is 0 Å². The third-order valence-corrected chi connectivity index (χ3v) is 5.40. The smallest absolute Gasteiger partial charge is 0.232 e. The van der Waals surface area contributed by atoms with Crippen LogP contribution in [0, 0.1) is 11.6 Å². The molecule has 0 saturated heterocycles. The maximum Gasteiger partial charge on any atom is 0.232 e. The zero-order valence-electron chi connectivity index (χ0n) is 15.7. The van der Waals surface area contributed by atoms with Crippen molar-refractivity contribution in [1.82, 2.24) is 0 Å². The van der Waals surface area contributed by atoms with Gasteiger partial charge in [-0.25, -0.2) is 17.2 Å². The third kappa shape index (κ3) is 5.14. The molecule has 1 heterocycles. The summed E-state index contributed by atoms with van der Waals surface area (Å²) in [5, 5.41) is 2.18. The van der Waals surface area contributed by atoms with Crippen molar-refractivity contribution in [2.75, 3.05) is 35.6 Å². The Labute approximate surface area is 167 Å². The average Bonchev–Trinajstić information content (AvgIpc) is 2.67. The number of hydrogen-bond donors (Lipinski definition) is 1. The van der Waals surface area contributed by atoms with E-state index in [1.165, 1.54) is 6.07 Å². The molecule has 3 rings (SSSR count). The minimum absolute atomic E-state index is 0.00561. The summed E-state index contributed by atoms with van der Waals surface area (Å²) in [7, 11) is -3.63. The van der Waals surface area contributed by atoms with Gasteiger partial charge in [-0.3, -0.25) is 9.10 Å². The van der Waals surface area contributed by atoms with Crippen LogP contribution in [0.1, 0.15) is 12.8 Å². The van der Waals surface area contributed by atoms with Crippen LogP contribution in [0.3, 0.4) is 0 Å². The second-order valence-electron chi connectivity index (χ2n) is 6.41. The molecule has 7 nitrogen and oxygen atoms in total. The van der Waals surface area contributed by atoms with Gasteiger partial charge in [0, 0.05) is 19.0 Å². The van der Waals surface area contributed by atoms with Crippen LogP contribution in [0.4, 0.5) is 20.2 Å². The monoisotopic (exact) mass is 426 g/mol. The van der Waals surface area contributed by atoms with E-state index in [1.54, 1.807) is 18.2 Å². The lowest BCUT2D eigenvalue weighted by Crippen LogP contribution is -2.31. The van der Waals surface area contributed by atoms with E-state index in [0.717, 1.165) is 22.7 Å². The standard InChI is InChI=1S/C19H20F2N2O5S/c1-29(25,26)23(13-7-8-16-17(12-13)28-11-10-27-16)9-3-6-18(24)22-19-14(20)4-2-5-15(19)21/h2,4-5,7-8,12H,3,6,9-11H2,1H3,(H,22,24). The number of rotatable bonds is 7. The normalized spacial score (nSPS) is 13.1. The third-order valence-electron chi connectivity index (χ3n) is 4.21. The topological polar surface area (TPSA) is 84.9 Å². The van der Waals surface area contributed by atoms with E-state index in [-0.39, 0.29) is 19.4 Å². The first-order valence-electron chi connectivity index (χ1n) is 8.87. The van der Waals surface area contributed by atoms with Gasteiger partial charge in [-0.05, 0) is 30.7 Å². The zero-order chi connectivity index (χ0) is 21.0. The van der Waals surface area contributed by atoms with Crippen LogP contribution in [-0.4, -0.2) is 40.3 Å². The molecular formula is C19H20F2N2O5S. The number of halogens is 2. The molecular weight excluding hydrogens is 406 g/mol. The van der Waals surface area contributed by atoms with Crippen molar-refractivity contribution in [3.05, 3.63) is 48.0 Å². The Kier molecular flexibility index (Phi) is 6.21. The Hall–Kier alpha value is -2.88. The molecule has 10 heteroatoms. The Morgan fingerprint density at radius 2 is 1.76 bits per heavy atom. The van der Waals surface area contributed by atoms with Crippen molar-refractivity contribution in [3.63, 3.8) is 0 Å². The Morgan fingerprint density at radius 1 is 1.10 bits per heavy atom. The van der Waals surface area contributed by atoms with Crippen LogP contribution in [0.5, 0.6) is 11.5 Å². The van der Waals surface area contributed by atoms with Gasteiger partial charge in [-0.1, -0.05) is 6.07 Å². The molecule has 2 aromatic rings. The van der Waals surface area contributed by atoms with Gasteiger partial charge in [0.05, 0.1) is 11.9 Å². The Morgan fingerprint density at radius 3 is 2.41 bits per heavy atom. The summed E-state index contributed by atoms with van der Waals surface area (Å²) < 4.78 is 63.7. The number of fused-ring (bicyclic) bond motifs is 1. The predicted octanol–water partition coefficient (Wildman–Crippen LogP) is 2.92. The van der Waals surface area contributed by atoms with E-state index in [2.05, 4.69) is 5.32 Å². The fourth-order valence-corrected chi connectivity index (χ4v) is 3.83. The van der Waals surface area contributed by atoms with Gasteiger partial charge in [0.25, 0.3) is 0 Å². The highest BCUT2D eigenvalue weighted by atomic mass is 32.2. The number of hydrogen-bond acceptors (Lipinski definition) is 5. The van der Waals surface area contributed by atoms with E-state index < -0.39 is 33.3 Å². The molecule has 0 saturated carbocycles. The van der Waals surface area contributed by atoms with E-state index in [0.29, 0.717) is 30.4 Å². The highest BCUT2D eigenvalue weighted by Gasteiger charge is 2.21. The van der Waals surface area contributed by atoms with Gasteiger partial charge in [-0.2, -0.15) is 0 Å². The van der Waals surface area contributed by atoms with Crippen LogP contribution in [0.25, 0.3) is 0 Å². The van der Waals surface area contributed by atoms with E-state index in [4.69, 9.17) is 9.47 Å². The molecule has 1 amide bonds. The molecule has 0 fully saturated rings.